The van der Waals surface area contributed by atoms with Gasteiger partial charge in [-0.1, -0.05) is 20.8 Å². The summed E-state index contributed by atoms with van der Waals surface area (Å²) in [6.07, 6.45) is 1.58. The summed E-state index contributed by atoms with van der Waals surface area (Å²) in [5.74, 6) is -0.161. The second-order valence-electron chi connectivity index (χ2n) is 4.54. The van der Waals surface area contributed by atoms with E-state index in [2.05, 4.69) is 0 Å². The fraction of sp³-hybridized carbons (Fsp3) is 0.333. The van der Waals surface area contributed by atoms with Crippen molar-refractivity contribution in [2.24, 2.45) is 0 Å². The topological polar surface area (TPSA) is 13.1 Å². The lowest BCUT2D eigenvalue weighted by Crippen LogP contribution is -2.13. The van der Waals surface area contributed by atoms with Crippen LogP contribution in [0.3, 0.4) is 0 Å². The lowest BCUT2D eigenvalue weighted by Gasteiger charge is -2.19. The summed E-state index contributed by atoms with van der Waals surface area (Å²) in [7, 11) is 0. The van der Waals surface area contributed by atoms with Crippen LogP contribution in [0.15, 0.2) is 28.9 Å². The lowest BCUT2D eigenvalue weighted by atomic mass is 9.86. The zero-order valence-corrected chi connectivity index (χ0v) is 8.60. The molecule has 2 rings (SSSR count). The third-order valence-electron chi connectivity index (χ3n) is 2.35. The average molecular weight is 192 g/mol. The first-order valence-electron chi connectivity index (χ1n) is 4.66. The number of fused-ring (bicyclic) bond motifs is 1. The van der Waals surface area contributed by atoms with E-state index in [0.29, 0.717) is 5.56 Å². The molecule has 0 fully saturated rings. The molecule has 0 aliphatic carbocycles. The molecule has 1 aromatic carbocycles. The Morgan fingerprint density at radius 2 is 1.93 bits per heavy atom. The molecule has 0 aliphatic rings. The van der Waals surface area contributed by atoms with Gasteiger partial charge >= 0.3 is 0 Å². The summed E-state index contributed by atoms with van der Waals surface area (Å²) in [5.41, 5.74) is 1.25. The molecule has 1 aromatic heterocycles. The quantitative estimate of drug-likeness (QED) is 0.617. The molecule has 1 nitrogen and oxygen atoms in total. The molecule has 0 spiro atoms. The number of halogens is 1. The van der Waals surface area contributed by atoms with E-state index in [1.807, 2.05) is 20.8 Å². The Morgan fingerprint density at radius 3 is 2.57 bits per heavy atom. The minimum absolute atomic E-state index is 0.161. The maximum Gasteiger partial charge on any atom is 0.134 e. The van der Waals surface area contributed by atoms with Crippen molar-refractivity contribution in [1.82, 2.24) is 0 Å². The van der Waals surface area contributed by atoms with Crippen molar-refractivity contribution in [2.75, 3.05) is 0 Å². The van der Waals surface area contributed by atoms with E-state index in [1.54, 1.807) is 18.4 Å². The van der Waals surface area contributed by atoms with Crippen molar-refractivity contribution in [3.8, 4) is 0 Å². The molecule has 0 bridgehead atoms. The van der Waals surface area contributed by atoms with Crippen LogP contribution < -0.4 is 0 Å². The highest BCUT2D eigenvalue weighted by Crippen LogP contribution is 2.29. The normalized spacial score (nSPS) is 12.3. The Labute approximate surface area is 82.5 Å². The van der Waals surface area contributed by atoms with Crippen LogP contribution in [0.1, 0.15) is 26.3 Å². The Morgan fingerprint density at radius 1 is 1.21 bits per heavy atom. The van der Waals surface area contributed by atoms with Gasteiger partial charge in [-0.15, -0.1) is 0 Å². The number of benzene rings is 1. The van der Waals surface area contributed by atoms with Crippen LogP contribution >= 0.6 is 0 Å². The fourth-order valence-corrected chi connectivity index (χ4v) is 1.56. The van der Waals surface area contributed by atoms with E-state index in [4.69, 9.17) is 4.42 Å². The maximum absolute atomic E-state index is 13.7. The first-order valence-corrected chi connectivity index (χ1v) is 4.66. The number of hydrogen-bond acceptors (Lipinski definition) is 1. The van der Waals surface area contributed by atoms with Crippen LogP contribution in [-0.4, -0.2) is 0 Å². The second-order valence-corrected chi connectivity index (χ2v) is 4.54. The van der Waals surface area contributed by atoms with Gasteiger partial charge in [0.1, 0.15) is 11.4 Å². The highest BCUT2D eigenvalue weighted by Gasteiger charge is 2.19. The van der Waals surface area contributed by atoms with E-state index < -0.39 is 0 Å². The third kappa shape index (κ3) is 1.41. The first kappa shape index (κ1) is 9.25. The van der Waals surface area contributed by atoms with Crippen LogP contribution in [0.25, 0.3) is 11.0 Å². The van der Waals surface area contributed by atoms with E-state index >= 15 is 0 Å². The summed E-state index contributed by atoms with van der Waals surface area (Å²) in [6, 6.07) is 5.08. The van der Waals surface area contributed by atoms with E-state index in [0.717, 1.165) is 11.0 Å². The van der Waals surface area contributed by atoms with Gasteiger partial charge in [-0.25, -0.2) is 4.39 Å². The highest BCUT2D eigenvalue weighted by molar-refractivity contribution is 5.78. The highest BCUT2D eigenvalue weighted by atomic mass is 19.1. The first-order chi connectivity index (χ1) is 6.48. The molecular formula is C12H13FO. The molecule has 0 atom stereocenters. The van der Waals surface area contributed by atoms with Gasteiger partial charge in [0.2, 0.25) is 0 Å². The molecular weight excluding hydrogens is 179 g/mol. The van der Waals surface area contributed by atoms with Gasteiger partial charge in [0.05, 0.1) is 6.26 Å². The molecule has 0 aliphatic heterocycles. The van der Waals surface area contributed by atoms with E-state index in [1.165, 1.54) is 6.07 Å². The van der Waals surface area contributed by atoms with E-state index in [9.17, 15) is 4.39 Å². The van der Waals surface area contributed by atoms with Crippen molar-refractivity contribution in [3.63, 3.8) is 0 Å². The predicted molar refractivity (Wildman–Crippen MR) is 54.9 cm³/mol. The zero-order valence-electron chi connectivity index (χ0n) is 8.60. The smallest absolute Gasteiger partial charge is 0.134 e. The van der Waals surface area contributed by atoms with Crippen molar-refractivity contribution in [1.29, 1.82) is 0 Å². The minimum Gasteiger partial charge on any atom is -0.464 e. The molecule has 0 amide bonds. The minimum atomic E-state index is -0.189. The Hall–Kier alpha value is -1.31. The molecule has 2 heteroatoms. The summed E-state index contributed by atoms with van der Waals surface area (Å²) < 4.78 is 18.9. The van der Waals surface area contributed by atoms with Crippen molar-refractivity contribution < 1.29 is 8.81 Å². The van der Waals surface area contributed by atoms with Crippen LogP contribution in [-0.2, 0) is 5.41 Å². The van der Waals surface area contributed by atoms with Crippen LogP contribution in [0, 0.1) is 5.82 Å². The Kier molecular flexibility index (Phi) is 1.88. The van der Waals surface area contributed by atoms with Crippen molar-refractivity contribution in [3.05, 3.63) is 35.8 Å². The summed E-state index contributed by atoms with van der Waals surface area (Å²) in [4.78, 5) is 0. The van der Waals surface area contributed by atoms with Crippen molar-refractivity contribution >= 4 is 11.0 Å². The monoisotopic (exact) mass is 192 g/mol. The molecule has 0 N–H and O–H groups in total. The van der Waals surface area contributed by atoms with Crippen LogP contribution in [0.4, 0.5) is 4.39 Å². The third-order valence-corrected chi connectivity index (χ3v) is 2.35. The average Bonchev–Trinajstić information content (AvgIpc) is 2.47. The molecule has 0 saturated heterocycles. The second kappa shape index (κ2) is 2.84. The Bertz CT molecular complexity index is 463. The van der Waals surface area contributed by atoms with Gasteiger partial charge in [0.15, 0.2) is 0 Å². The molecule has 0 saturated carbocycles. The molecule has 2 aromatic rings. The maximum atomic E-state index is 13.7. The fourth-order valence-electron chi connectivity index (χ4n) is 1.56. The van der Waals surface area contributed by atoms with Gasteiger partial charge in [0, 0.05) is 5.39 Å². The largest absolute Gasteiger partial charge is 0.464 e. The molecule has 0 radical (unpaired) electrons. The SMILES string of the molecule is CC(C)(C)c1cc2occc2cc1F. The number of furan rings is 1. The molecule has 14 heavy (non-hydrogen) atoms. The van der Waals surface area contributed by atoms with Crippen molar-refractivity contribution in [2.45, 2.75) is 26.2 Å². The van der Waals surface area contributed by atoms with Crippen LogP contribution in [0.2, 0.25) is 0 Å². The Balaban J connectivity index is 2.71. The summed E-state index contributed by atoms with van der Waals surface area (Å²) >= 11 is 0. The van der Waals surface area contributed by atoms with E-state index in [-0.39, 0.29) is 11.2 Å². The van der Waals surface area contributed by atoms with Gasteiger partial charge in [0.25, 0.3) is 0 Å². The standard InChI is InChI=1S/C12H13FO/c1-12(2,3)9-7-11-8(4-5-14-11)6-10(9)13/h4-7H,1-3H3. The molecule has 1 heterocycles. The van der Waals surface area contributed by atoms with Gasteiger partial charge < -0.3 is 4.42 Å². The van der Waals surface area contributed by atoms with Gasteiger partial charge in [-0.3, -0.25) is 0 Å². The van der Waals surface area contributed by atoms with Gasteiger partial charge in [-0.2, -0.15) is 0 Å². The number of rotatable bonds is 0. The predicted octanol–water partition coefficient (Wildman–Crippen LogP) is 3.87. The zero-order chi connectivity index (χ0) is 10.3. The van der Waals surface area contributed by atoms with Crippen LogP contribution in [0.5, 0.6) is 0 Å². The van der Waals surface area contributed by atoms with Gasteiger partial charge in [-0.05, 0) is 29.2 Å². The summed E-state index contributed by atoms with van der Waals surface area (Å²) in [5, 5.41) is 0.815. The molecule has 0 unspecified atom stereocenters. The lowest BCUT2D eigenvalue weighted by molar-refractivity contribution is 0.521. The molecule has 74 valence electrons. The number of hydrogen-bond donors (Lipinski definition) is 0. The summed E-state index contributed by atoms with van der Waals surface area (Å²) in [6.45, 7) is 5.96.